The smallest absolute Gasteiger partial charge is 1.00 e. The second-order valence-electron chi connectivity index (χ2n) is 4.87. The Morgan fingerprint density at radius 2 is 1.86 bits per heavy atom. The Balaban J connectivity index is -0.00000200. The van der Waals surface area contributed by atoms with Gasteiger partial charge >= 0.3 is 30.8 Å². The van der Waals surface area contributed by atoms with Crippen molar-refractivity contribution in [2.75, 3.05) is 0 Å². The number of carboxylic acid groups (broad SMARTS) is 1. The molecule has 0 aliphatic carbocycles. The van der Waals surface area contributed by atoms with Crippen LogP contribution in [-0.4, -0.2) is 41.4 Å². The van der Waals surface area contributed by atoms with Gasteiger partial charge in [-0.3, -0.25) is 9.35 Å². The molecule has 0 spiro atoms. The summed E-state index contributed by atoms with van der Waals surface area (Å²) < 4.78 is 36.7. The zero-order valence-electron chi connectivity index (χ0n) is 14.2. The quantitative estimate of drug-likeness (QED) is 0.169. The van der Waals surface area contributed by atoms with Crippen molar-refractivity contribution in [1.82, 2.24) is 0 Å². The largest absolute Gasteiger partial charge is 1.00 e. The first-order chi connectivity index (χ1) is 9.59. The Kier molecular flexibility index (Phi) is 11.6. The van der Waals surface area contributed by atoms with E-state index in [-0.39, 0.29) is 26.7 Å². The van der Waals surface area contributed by atoms with Gasteiger partial charge in [0.2, 0.25) is 0 Å². The minimum atomic E-state index is -4.28. The van der Waals surface area contributed by atoms with Crippen molar-refractivity contribution in [3.8, 4) is 0 Å². The first-order valence-corrected chi connectivity index (χ1v) is 8.11. The van der Waals surface area contributed by atoms with Crippen LogP contribution in [0.5, 0.6) is 0 Å². The summed E-state index contributed by atoms with van der Waals surface area (Å²) >= 11 is 0. The van der Waals surface area contributed by atoms with Gasteiger partial charge in [0.25, 0.3) is 10.1 Å². The summed E-state index contributed by atoms with van der Waals surface area (Å²) in [5, 5.41) is 7.45. The zero-order valence-corrected chi connectivity index (χ0v) is 14.0. The summed E-state index contributed by atoms with van der Waals surface area (Å²) in [7, 11) is -4.28. The second-order valence-corrected chi connectivity index (χ2v) is 6.64. The molecule has 3 unspecified atom stereocenters. The Bertz CT molecular complexity index is 481. The van der Waals surface area contributed by atoms with E-state index in [2.05, 4.69) is 6.58 Å². The molecular weight excluding hydrogens is 307 g/mol. The van der Waals surface area contributed by atoms with Gasteiger partial charge in [-0.1, -0.05) is 13.0 Å². The molecule has 0 bridgehead atoms. The van der Waals surface area contributed by atoms with E-state index >= 15 is 0 Å². The molecule has 3 atom stereocenters. The van der Waals surface area contributed by atoms with Crippen LogP contribution in [0.1, 0.15) is 41.0 Å². The molecule has 22 heavy (non-hydrogen) atoms. The maximum Gasteiger partial charge on any atom is 1.00 e. The number of aliphatic carboxylic acids is 1. The van der Waals surface area contributed by atoms with Crippen molar-refractivity contribution >= 4 is 22.1 Å². The molecule has 124 valence electrons. The normalized spacial score (nSPS) is 15.0. The summed E-state index contributed by atoms with van der Waals surface area (Å²) in [4.78, 5) is 21.6. The van der Waals surface area contributed by atoms with Crippen LogP contribution in [-0.2, 0) is 24.4 Å². The topological polar surface area (TPSA) is 118 Å². The molecule has 0 aromatic carbocycles. The number of carboxylic acids is 1. The average molecular weight is 330 g/mol. The van der Waals surface area contributed by atoms with Crippen LogP contribution in [0.3, 0.4) is 0 Å². The Morgan fingerprint density at radius 3 is 2.27 bits per heavy atom. The molecule has 9 heteroatoms. The fourth-order valence-corrected chi connectivity index (χ4v) is 2.85. The summed E-state index contributed by atoms with van der Waals surface area (Å²) in [6, 6.07) is 0. The van der Waals surface area contributed by atoms with Crippen LogP contribution >= 0.6 is 0 Å². The molecule has 0 aromatic rings. The van der Waals surface area contributed by atoms with Gasteiger partial charge in [-0.15, -0.1) is 0 Å². The summed E-state index contributed by atoms with van der Waals surface area (Å²) in [6.45, 7) is 6.12. The van der Waals surface area contributed by atoms with Gasteiger partial charge in [0.05, 0.1) is 5.25 Å². The molecule has 0 aromatic heterocycles. The molecule has 0 saturated heterocycles. The molecule has 0 aliphatic rings. The third kappa shape index (κ3) is 9.25. The predicted molar refractivity (Wildman–Crippen MR) is 77.5 cm³/mol. The molecule has 0 saturated carbocycles. The van der Waals surface area contributed by atoms with Gasteiger partial charge < -0.3 is 11.3 Å². The van der Waals surface area contributed by atoms with E-state index < -0.39 is 39.3 Å². The maximum atomic E-state index is 11.3. The van der Waals surface area contributed by atoms with Gasteiger partial charge in [-0.25, -0.2) is 4.79 Å². The van der Waals surface area contributed by atoms with Crippen molar-refractivity contribution in [3.05, 3.63) is 12.7 Å². The van der Waals surface area contributed by atoms with Crippen molar-refractivity contribution in [1.29, 1.82) is 0 Å². The van der Waals surface area contributed by atoms with Crippen LogP contribution in [0.25, 0.3) is 0 Å². The molecule has 0 aliphatic heterocycles. The first kappa shape index (κ1) is 23.5. The van der Waals surface area contributed by atoms with E-state index in [1.165, 1.54) is 13.8 Å². The number of carbonyl (C=O) groups is 2. The number of esters is 1. The van der Waals surface area contributed by atoms with Crippen LogP contribution in [0.2, 0.25) is 0 Å². The zero-order chi connectivity index (χ0) is 16.6. The molecular formula is C13H23LiO7S. The van der Waals surface area contributed by atoms with Gasteiger partial charge in [-0.2, -0.15) is 8.42 Å². The van der Waals surface area contributed by atoms with Crippen LogP contribution < -0.4 is 18.9 Å². The number of rotatable bonds is 10. The molecule has 0 amide bonds. The monoisotopic (exact) mass is 330 g/mol. The minimum absolute atomic E-state index is 0. The Labute approximate surface area is 144 Å². The number of hydrogen-bond donors (Lipinski definition) is 2. The van der Waals surface area contributed by atoms with Gasteiger partial charge in [-0.05, 0) is 26.7 Å². The number of ether oxygens (including phenoxy) is 1. The van der Waals surface area contributed by atoms with Crippen LogP contribution in [0.15, 0.2) is 12.7 Å². The van der Waals surface area contributed by atoms with E-state index in [0.29, 0.717) is 19.3 Å². The average Bonchev–Trinajstić information content (AvgIpc) is 2.36. The number of unbranched alkanes of at least 4 members (excludes halogenated alkanes) is 1. The number of hydrogen-bond acceptors (Lipinski definition) is 5. The van der Waals surface area contributed by atoms with E-state index in [1.54, 1.807) is 0 Å². The van der Waals surface area contributed by atoms with E-state index in [4.69, 9.17) is 14.4 Å². The molecule has 0 fully saturated rings. The predicted octanol–water partition coefficient (Wildman–Crippen LogP) is -1.24. The second kappa shape index (κ2) is 10.8. The minimum Gasteiger partial charge on any atom is -1.00 e. The van der Waals surface area contributed by atoms with Crippen molar-refractivity contribution in [3.63, 3.8) is 0 Å². The SMILES string of the molecule is C=CC(=O)OC(C)C(CCCCC(=O)O)C(C)S(=O)(=O)O.[H-].[Li+]. The summed E-state index contributed by atoms with van der Waals surface area (Å²) in [6.07, 6.45) is 1.36. The molecule has 0 rings (SSSR count). The third-order valence-electron chi connectivity index (χ3n) is 3.32. The van der Waals surface area contributed by atoms with Crippen molar-refractivity contribution in [2.24, 2.45) is 5.92 Å². The van der Waals surface area contributed by atoms with Crippen LogP contribution in [0.4, 0.5) is 0 Å². The van der Waals surface area contributed by atoms with Gasteiger partial charge in [0.15, 0.2) is 0 Å². The third-order valence-corrected chi connectivity index (χ3v) is 4.61. The molecule has 7 nitrogen and oxygen atoms in total. The molecule has 2 N–H and O–H groups in total. The standard InChI is InChI=1S/C13H22O7S.Li.H/c1-4-13(16)20-9(2)11(10(3)21(17,18)19)7-5-6-8-12(14)15;;/h4,9-11H,1,5-8H2,2-3H3,(H,14,15)(H,17,18,19);;/q;+1;-1. The van der Waals surface area contributed by atoms with Crippen molar-refractivity contribution < 1.29 is 52.7 Å². The van der Waals surface area contributed by atoms with E-state index in [0.717, 1.165) is 6.08 Å². The first-order valence-electron chi connectivity index (χ1n) is 6.60. The van der Waals surface area contributed by atoms with Gasteiger partial charge in [0.1, 0.15) is 6.10 Å². The van der Waals surface area contributed by atoms with Gasteiger partial charge in [0, 0.05) is 18.4 Å². The molecule has 0 radical (unpaired) electrons. The van der Waals surface area contributed by atoms with Crippen LogP contribution in [0, 0.1) is 5.92 Å². The van der Waals surface area contributed by atoms with E-state index in [9.17, 15) is 18.0 Å². The van der Waals surface area contributed by atoms with E-state index in [1.807, 2.05) is 0 Å². The number of carbonyl (C=O) groups excluding carboxylic acids is 1. The Morgan fingerprint density at radius 1 is 1.32 bits per heavy atom. The van der Waals surface area contributed by atoms with Crippen molar-refractivity contribution in [2.45, 2.75) is 50.9 Å². The summed E-state index contributed by atoms with van der Waals surface area (Å²) in [5.74, 6) is -2.24. The Hall–Kier alpha value is -0.813. The summed E-state index contributed by atoms with van der Waals surface area (Å²) in [5.41, 5.74) is 0. The fourth-order valence-electron chi connectivity index (χ4n) is 2.05. The fraction of sp³-hybridized carbons (Fsp3) is 0.692. The maximum absolute atomic E-state index is 11.3. The molecule has 0 heterocycles.